The molecular formula is C12H18N4. The fourth-order valence-corrected chi connectivity index (χ4v) is 2.53. The van der Waals surface area contributed by atoms with Gasteiger partial charge in [0.25, 0.3) is 0 Å². The summed E-state index contributed by atoms with van der Waals surface area (Å²) in [5, 5.41) is 3.31. The van der Waals surface area contributed by atoms with Crippen LogP contribution in [0.5, 0.6) is 0 Å². The summed E-state index contributed by atoms with van der Waals surface area (Å²) >= 11 is 0. The molecule has 2 heterocycles. The molecular weight excluding hydrogens is 200 g/mol. The largest absolute Gasteiger partial charge is 0.354 e. The molecule has 4 heteroatoms. The summed E-state index contributed by atoms with van der Waals surface area (Å²) in [6.07, 6.45) is 6.56. The number of anilines is 1. The Kier molecular flexibility index (Phi) is 2.52. The molecule has 16 heavy (non-hydrogen) atoms. The molecule has 0 amide bonds. The Labute approximate surface area is 96.1 Å². The number of rotatable bonds is 2. The maximum Gasteiger partial charge on any atom is 0.135 e. The molecule has 86 valence electrons. The van der Waals surface area contributed by atoms with Crippen molar-refractivity contribution in [3.05, 3.63) is 17.6 Å². The van der Waals surface area contributed by atoms with Gasteiger partial charge in [-0.3, -0.25) is 0 Å². The smallest absolute Gasteiger partial charge is 0.135 e. The Morgan fingerprint density at radius 2 is 2.06 bits per heavy atom. The monoisotopic (exact) mass is 218 g/mol. The molecule has 1 saturated heterocycles. The average molecular weight is 218 g/mol. The molecule has 0 radical (unpaired) electrons. The van der Waals surface area contributed by atoms with Crippen LogP contribution in [0.2, 0.25) is 0 Å². The van der Waals surface area contributed by atoms with E-state index in [9.17, 15) is 0 Å². The first kappa shape index (κ1) is 10.0. The Bertz CT molecular complexity index is 387. The van der Waals surface area contributed by atoms with E-state index in [2.05, 4.69) is 27.2 Å². The molecule has 0 saturated carbocycles. The van der Waals surface area contributed by atoms with Gasteiger partial charge in [0, 0.05) is 31.4 Å². The first-order valence-electron chi connectivity index (χ1n) is 6.12. The highest BCUT2D eigenvalue weighted by atomic mass is 15.3. The van der Waals surface area contributed by atoms with E-state index in [4.69, 9.17) is 0 Å². The van der Waals surface area contributed by atoms with Gasteiger partial charge >= 0.3 is 0 Å². The highest BCUT2D eigenvalue weighted by molar-refractivity contribution is 5.50. The van der Waals surface area contributed by atoms with E-state index in [1.54, 1.807) is 6.33 Å². The van der Waals surface area contributed by atoms with E-state index in [0.717, 1.165) is 31.7 Å². The highest BCUT2D eigenvalue weighted by Gasteiger charge is 2.26. The Morgan fingerprint density at radius 3 is 2.81 bits per heavy atom. The number of nitrogens with zero attached hydrogens (tertiary/aromatic N) is 3. The lowest BCUT2D eigenvalue weighted by atomic mass is 9.96. The standard InChI is InChI=1S/C12H18N4/c1-16(9-6-13-7-9)12-10-4-2-3-5-11(10)14-8-15-12/h8-9,13H,2-7H2,1H3. The second-order valence-corrected chi connectivity index (χ2v) is 4.75. The van der Waals surface area contributed by atoms with Crippen LogP contribution in [0.15, 0.2) is 6.33 Å². The van der Waals surface area contributed by atoms with Crippen molar-refractivity contribution in [1.82, 2.24) is 15.3 Å². The molecule has 0 aromatic carbocycles. The van der Waals surface area contributed by atoms with E-state index in [1.807, 2.05) is 0 Å². The van der Waals surface area contributed by atoms with E-state index in [1.165, 1.54) is 24.1 Å². The van der Waals surface area contributed by atoms with Crippen LogP contribution in [-0.2, 0) is 12.8 Å². The molecule has 1 aromatic rings. The van der Waals surface area contributed by atoms with E-state index >= 15 is 0 Å². The van der Waals surface area contributed by atoms with Gasteiger partial charge in [0.1, 0.15) is 12.1 Å². The lowest BCUT2D eigenvalue weighted by Crippen LogP contribution is -2.56. The van der Waals surface area contributed by atoms with Crippen LogP contribution in [0, 0.1) is 0 Å². The zero-order valence-corrected chi connectivity index (χ0v) is 9.74. The SMILES string of the molecule is CN(c1ncnc2c1CCCC2)C1CNC1. The first-order valence-corrected chi connectivity index (χ1v) is 6.12. The second-order valence-electron chi connectivity index (χ2n) is 4.75. The molecule has 0 spiro atoms. The van der Waals surface area contributed by atoms with Crippen molar-refractivity contribution in [3.8, 4) is 0 Å². The Hall–Kier alpha value is -1.16. The van der Waals surface area contributed by atoms with Crippen molar-refractivity contribution < 1.29 is 0 Å². The third-order valence-electron chi connectivity index (χ3n) is 3.74. The Balaban J connectivity index is 1.93. The molecule has 3 rings (SSSR count). The van der Waals surface area contributed by atoms with Crippen LogP contribution in [0.3, 0.4) is 0 Å². The molecule has 1 fully saturated rings. The number of fused-ring (bicyclic) bond motifs is 1. The topological polar surface area (TPSA) is 41.1 Å². The third kappa shape index (κ3) is 1.57. The second kappa shape index (κ2) is 4.01. The van der Waals surface area contributed by atoms with Gasteiger partial charge in [-0.25, -0.2) is 9.97 Å². The van der Waals surface area contributed by atoms with Gasteiger partial charge in [0.15, 0.2) is 0 Å². The summed E-state index contributed by atoms with van der Waals surface area (Å²) in [6.45, 7) is 2.16. The van der Waals surface area contributed by atoms with Gasteiger partial charge in [-0.2, -0.15) is 0 Å². The summed E-state index contributed by atoms with van der Waals surface area (Å²) in [5.41, 5.74) is 2.67. The van der Waals surface area contributed by atoms with Crippen LogP contribution < -0.4 is 10.2 Å². The van der Waals surface area contributed by atoms with Gasteiger partial charge in [-0.15, -0.1) is 0 Å². The zero-order chi connectivity index (χ0) is 11.0. The molecule has 4 nitrogen and oxygen atoms in total. The van der Waals surface area contributed by atoms with Gasteiger partial charge in [-0.1, -0.05) is 0 Å². The Morgan fingerprint density at radius 1 is 1.25 bits per heavy atom. The fraction of sp³-hybridized carbons (Fsp3) is 0.667. The minimum absolute atomic E-state index is 0.612. The lowest BCUT2D eigenvalue weighted by molar-refractivity contribution is 0.425. The number of likely N-dealkylation sites (N-methyl/N-ethyl adjacent to an activating group) is 1. The van der Waals surface area contributed by atoms with Crippen LogP contribution in [0.25, 0.3) is 0 Å². The first-order chi connectivity index (χ1) is 7.86. The van der Waals surface area contributed by atoms with Gasteiger partial charge < -0.3 is 10.2 Å². The minimum Gasteiger partial charge on any atom is -0.354 e. The van der Waals surface area contributed by atoms with Crippen LogP contribution in [-0.4, -0.2) is 36.1 Å². The quantitative estimate of drug-likeness (QED) is 0.796. The number of aromatic nitrogens is 2. The summed E-state index contributed by atoms with van der Waals surface area (Å²) in [5.74, 6) is 1.16. The summed E-state index contributed by atoms with van der Waals surface area (Å²) < 4.78 is 0. The van der Waals surface area contributed by atoms with Crippen LogP contribution in [0.1, 0.15) is 24.1 Å². The number of nitrogens with one attached hydrogen (secondary N) is 1. The van der Waals surface area contributed by atoms with Crippen LogP contribution >= 0.6 is 0 Å². The maximum atomic E-state index is 4.48. The average Bonchev–Trinajstić information content (AvgIpc) is 2.26. The van der Waals surface area contributed by atoms with E-state index < -0.39 is 0 Å². The van der Waals surface area contributed by atoms with Crippen molar-refractivity contribution in [1.29, 1.82) is 0 Å². The number of hydrogen-bond acceptors (Lipinski definition) is 4. The predicted molar refractivity (Wildman–Crippen MR) is 63.7 cm³/mol. The number of aryl methyl sites for hydroxylation is 1. The molecule has 0 unspecified atom stereocenters. The fourth-order valence-electron chi connectivity index (χ4n) is 2.53. The number of hydrogen-bond donors (Lipinski definition) is 1. The molecule has 1 aliphatic heterocycles. The van der Waals surface area contributed by atoms with Crippen molar-refractivity contribution >= 4 is 5.82 Å². The van der Waals surface area contributed by atoms with E-state index in [0.29, 0.717) is 6.04 Å². The predicted octanol–water partition coefficient (Wildman–Crippen LogP) is 0.763. The molecule has 0 atom stereocenters. The van der Waals surface area contributed by atoms with Crippen molar-refractivity contribution in [2.24, 2.45) is 0 Å². The zero-order valence-electron chi connectivity index (χ0n) is 9.74. The van der Waals surface area contributed by atoms with Crippen molar-refractivity contribution in [3.63, 3.8) is 0 Å². The molecule has 1 N–H and O–H groups in total. The van der Waals surface area contributed by atoms with Gasteiger partial charge in [0.05, 0.1) is 6.04 Å². The minimum atomic E-state index is 0.612. The summed E-state index contributed by atoms with van der Waals surface area (Å²) in [4.78, 5) is 11.2. The van der Waals surface area contributed by atoms with Crippen molar-refractivity contribution in [2.75, 3.05) is 25.0 Å². The molecule has 1 aliphatic carbocycles. The summed E-state index contributed by atoms with van der Waals surface area (Å²) in [6, 6.07) is 0.612. The molecule has 1 aromatic heterocycles. The van der Waals surface area contributed by atoms with Gasteiger partial charge in [0.2, 0.25) is 0 Å². The molecule has 0 bridgehead atoms. The lowest BCUT2D eigenvalue weighted by Gasteiger charge is -2.37. The third-order valence-corrected chi connectivity index (χ3v) is 3.74. The van der Waals surface area contributed by atoms with Crippen LogP contribution in [0.4, 0.5) is 5.82 Å². The molecule has 2 aliphatic rings. The van der Waals surface area contributed by atoms with Gasteiger partial charge in [-0.05, 0) is 25.7 Å². The summed E-state index contributed by atoms with van der Waals surface area (Å²) in [7, 11) is 2.16. The highest BCUT2D eigenvalue weighted by Crippen LogP contribution is 2.27. The maximum absolute atomic E-state index is 4.48. The van der Waals surface area contributed by atoms with Crippen molar-refractivity contribution in [2.45, 2.75) is 31.7 Å². The van der Waals surface area contributed by atoms with E-state index in [-0.39, 0.29) is 0 Å². The normalized spacial score (nSPS) is 20.1.